The van der Waals surface area contributed by atoms with E-state index in [1.54, 1.807) is 0 Å². The van der Waals surface area contributed by atoms with Crippen LogP contribution in [0.5, 0.6) is 0 Å². The zero-order valence-corrected chi connectivity index (χ0v) is 19.8. The topological polar surface area (TPSA) is 96.5 Å². The summed E-state index contributed by atoms with van der Waals surface area (Å²) >= 11 is 0. The van der Waals surface area contributed by atoms with Crippen molar-refractivity contribution in [3.63, 3.8) is 0 Å². The van der Waals surface area contributed by atoms with Crippen molar-refractivity contribution in [2.24, 2.45) is 0 Å². The number of carbonyl (C=O) groups is 3. The Bertz CT molecular complexity index is 654. The minimum atomic E-state index is -1.21. The molecule has 0 aromatic heterocycles. The van der Waals surface area contributed by atoms with Gasteiger partial charge < -0.3 is 25.5 Å². The number of amides is 2. The summed E-state index contributed by atoms with van der Waals surface area (Å²) < 4.78 is 5.24. The van der Waals surface area contributed by atoms with Crippen LogP contribution < -0.4 is 16.0 Å². The summed E-state index contributed by atoms with van der Waals surface area (Å²) in [5, 5.41) is 8.75. The number of ether oxygens (including phenoxy) is 1. The monoisotopic (exact) mass is 447 g/mol. The molecular formula is C25H41N3O4. The Balaban J connectivity index is 2.59. The lowest BCUT2D eigenvalue weighted by Gasteiger charge is -2.30. The molecule has 1 aromatic carbocycles. The fraction of sp³-hybridized carbons (Fsp3) is 0.640. The van der Waals surface area contributed by atoms with Crippen LogP contribution in [0.4, 0.5) is 4.79 Å². The SMILES string of the molecule is CCCCCCNCC(C=O)(CNC(=O)OCc1ccccc1)NC(=O)CCCCCC. The number of benzene rings is 1. The van der Waals surface area contributed by atoms with Gasteiger partial charge in [0.15, 0.2) is 0 Å². The molecule has 7 nitrogen and oxygen atoms in total. The highest BCUT2D eigenvalue weighted by molar-refractivity contribution is 5.82. The molecule has 0 aliphatic carbocycles. The van der Waals surface area contributed by atoms with Crippen molar-refractivity contribution < 1.29 is 19.1 Å². The lowest BCUT2D eigenvalue weighted by molar-refractivity contribution is -0.126. The molecule has 180 valence electrons. The Morgan fingerprint density at radius 1 is 0.938 bits per heavy atom. The van der Waals surface area contributed by atoms with Gasteiger partial charge in [-0.15, -0.1) is 0 Å². The minimum Gasteiger partial charge on any atom is -0.445 e. The van der Waals surface area contributed by atoms with Crippen LogP contribution in [0.15, 0.2) is 30.3 Å². The van der Waals surface area contributed by atoms with Crippen molar-refractivity contribution >= 4 is 18.3 Å². The van der Waals surface area contributed by atoms with Gasteiger partial charge in [-0.05, 0) is 24.9 Å². The number of aldehydes is 1. The maximum Gasteiger partial charge on any atom is 0.407 e. The van der Waals surface area contributed by atoms with Crippen molar-refractivity contribution in [3.8, 4) is 0 Å². The summed E-state index contributed by atoms with van der Waals surface area (Å²) in [6, 6.07) is 9.36. The first-order valence-corrected chi connectivity index (χ1v) is 12.0. The molecule has 0 aliphatic heterocycles. The van der Waals surface area contributed by atoms with Crippen LogP contribution in [0.2, 0.25) is 0 Å². The van der Waals surface area contributed by atoms with Crippen molar-refractivity contribution in [1.29, 1.82) is 0 Å². The van der Waals surface area contributed by atoms with E-state index in [0.29, 0.717) is 12.7 Å². The average Bonchev–Trinajstić information content (AvgIpc) is 2.81. The Labute approximate surface area is 193 Å². The van der Waals surface area contributed by atoms with Gasteiger partial charge in [-0.2, -0.15) is 0 Å². The van der Waals surface area contributed by atoms with Crippen molar-refractivity contribution in [2.75, 3.05) is 19.6 Å². The normalized spacial score (nSPS) is 12.6. The molecule has 1 aromatic rings. The molecule has 0 fully saturated rings. The Kier molecular flexibility index (Phi) is 14.8. The summed E-state index contributed by atoms with van der Waals surface area (Å²) in [4.78, 5) is 36.7. The lowest BCUT2D eigenvalue weighted by Crippen LogP contribution is -2.62. The predicted molar refractivity (Wildman–Crippen MR) is 127 cm³/mol. The molecule has 32 heavy (non-hydrogen) atoms. The Hall–Kier alpha value is -2.41. The first kappa shape index (κ1) is 27.6. The molecule has 7 heteroatoms. The second-order valence-corrected chi connectivity index (χ2v) is 8.29. The Morgan fingerprint density at radius 2 is 1.62 bits per heavy atom. The largest absolute Gasteiger partial charge is 0.445 e. The van der Waals surface area contributed by atoms with Gasteiger partial charge in [0.25, 0.3) is 0 Å². The third-order valence-corrected chi connectivity index (χ3v) is 5.28. The third-order valence-electron chi connectivity index (χ3n) is 5.28. The second-order valence-electron chi connectivity index (χ2n) is 8.29. The van der Waals surface area contributed by atoms with E-state index >= 15 is 0 Å². The average molecular weight is 448 g/mol. The fourth-order valence-corrected chi connectivity index (χ4v) is 3.31. The van der Waals surface area contributed by atoms with E-state index in [1.807, 2.05) is 30.3 Å². The summed E-state index contributed by atoms with van der Waals surface area (Å²) in [5.74, 6) is -0.180. The lowest BCUT2D eigenvalue weighted by atomic mass is 10.0. The van der Waals surface area contributed by atoms with Crippen molar-refractivity contribution in [2.45, 2.75) is 83.8 Å². The first-order chi connectivity index (χ1) is 15.5. The summed E-state index contributed by atoms with van der Waals surface area (Å²) in [5.41, 5.74) is -0.336. The Morgan fingerprint density at radius 3 is 2.28 bits per heavy atom. The smallest absolute Gasteiger partial charge is 0.407 e. The molecular weight excluding hydrogens is 406 g/mol. The van der Waals surface area contributed by atoms with E-state index in [1.165, 1.54) is 6.42 Å². The summed E-state index contributed by atoms with van der Waals surface area (Å²) in [6.07, 6.45) is 8.84. The second kappa shape index (κ2) is 17.2. The zero-order chi connectivity index (χ0) is 23.5. The number of unbranched alkanes of at least 4 members (excludes halogenated alkanes) is 6. The highest BCUT2D eigenvalue weighted by Gasteiger charge is 2.32. The van der Waals surface area contributed by atoms with Crippen LogP contribution in [0.3, 0.4) is 0 Å². The molecule has 0 saturated carbocycles. The standard InChI is InChI=1S/C25H41N3O4/c1-3-5-7-12-16-23(30)28-25(21-29,19-26-17-13-8-6-4-2)20-27-24(31)32-18-22-14-10-9-11-15-22/h9-11,14-15,21,26H,3-8,12-13,16-20H2,1-2H3,(H,27,31)(H,28,30). The van der Waals surface area contributed by atoms with Crippen molar-refractivity contribution in [1.82, 2.24) is 16.0 Å². The van der Waals surface area contributed by atoms with Gasteiger partial charge in [0, 0.05) is 13.0 Å². The van der Waals surface area contributed by atoms with Gasteiger partial charge in [0.1, 0.15) is 18.4 Å². The molecule has 1 atom stereocenters. The molecule has 1 unspecified atom stereocenters. The van der Waals surface area contributed by atoms with Crippen LogP contribution in [0, 0.1) is 0 Å². The van der Waals surface area contributed by atoms with Crippen molar-refractivity contribution in [3.05, 3.63) is 35.9 Å². The number of hydrogen-bond acceptors (Lipinski definition) is 5. The van der Waals surface area contributed by atoms with Gasteiger partial charge in [-0.25, -0.2) is 4.79 Å². The van der Waals surface area contributed by atoms with E-state index in [0.717, 1.165) is 57.1 Å². The number of rotatable bonds is 18. The molecule has 0 saturated heterocycles. The summed E-state index contributed by atoms with van der Waals surface area (Å²) in [7, 11) is 0. The van der Waals surface area contributed by atoms with Gasteiger partial charge in [0.2, 0.25) is 5.91 Å². The molecule has 1 rings (SSSR count). The van der Waals surface area contributed by atoms with Crippen LogP contribution in [0.25, 0.3) is 0 Å². The molecule has 0 aliphatic rings. The first-order valence-electron chi connectivity index (χ1n) is 12.0. The maximum absolute atomic E-state index is 12.5. The maximum atomic E-state index is 12.5. The molecule has 3 N–H and O–H groups in total. The van der Waals surface area contributed by atoms with E-state index in [9.17, 15) is 14.4 Å². The number of nitrogens with one attached hydrogen (secondary N) is 3. The third kappa shape index (κ3) is 12.4. The van der Waals surface area contributed by atoms with Gasteiger partial charge in [-0.1, -0.05) is 82.7 Å². The number of alkyl carbamates (subject to hydrolysis) is 1. The molecule has 0 radical (unpaired) electrons. The van der Waals surface area contributed by atoms with E-state index in [2.05, 4.69) is 29.8 Å². The zero-order valence-electron chi connectivity index (χ0n) is 19.8. The predicted octanol–water partition coefficient (Wildman–Crippen LogP) is 4.11. The van der Waals surface area contributed by atoms with Crippen LogP contribution >= 0.6 is 0 Å². The van der Waals surface area contributed by atoms with Gasteiger partial charge in [0.05, 0.1) is 6.54 Å². The highest BCUT2D eigenvalue weighted by Crippen LogP contribution is 2.07. The number of hydrogen-bond donors (Lipinski definition) is 3. The quantitative estimate of drug-likeness (QED) is 0.232. The van der Waals surface area contributed by atoms with E-state index in [4.69, 9.17) is 4.74 Å². The van der Waals surface area contributed by atoms with Crippen LogP contribution in [-0.2, 0) is 20.9 Å². The molecule has 0 spiro atoms. The molecule has 0 heterocycles. The fourth-order valence-electron chi connectivity index (χ4n) is 3.31. The molecule has 2 amide bonds. The summed E-state index contributed by atoms with van der Waals surface area (Å²) in [6.45, 7) is 5.38. The van der Waals surface area contributed by atoms with Crippen LogP contribution in [0.1, 0.15) is 77.2 Å². The van der Waals surface area contributed by atoms with Gasteiger partial charge in [-0.3, -0.25) is 4.79 Å². The highest BCUT2D eigenvalue weighted by atomic mass is 16.5. The van der Waals surface area contributed by atoms with E-state index in [-0.39, 0.29) is 25.6 Å². The molecule has 0 bridgehead atoms. The number of carbonyl (C=O) groups excluding carboxylic acids is 3. The van der Waals surface area contributed by atoms with E-state index < -0.39 is 11.6 Å². The minimum absolute atomic E-state index is 0.0349. The van der Waals surface area contributed by atoms with Gasteiger partial charge >= 0.3 is 6.09 Å². The van der Waals surface area contributed by atoms with Crippen LogP contribution in [-0.4, -0.2) is 43.5 Å².